The Morgan fingerprint density at radius 1 is 1.12 bits per heavy atom. The topological polar surface area (TPSA) is 60.3 Å². The summed E-state index contributed by atoms with van der Waals surface area (Å²) in [5.74, 6) is 0.400. The van der Waals surface area contributed by atoms with E-state index >= 15 is 0 Å². The number of nitrogens with zero attached hydrogens (tertiary/aromatic N) is 1. The molecule has 3 rings (SSSR count). The minimum absolute atomic E-state index is 0.188. The Balaban J connectivity index is 1.82. The molecule has 0 fully saturated rings. The molecular formula is C20H17ClN2O3. The van der Waals surface area contributed by atoms with Crippen molar-refractivity contribution in [2.75, 3.05) is 12.4 Å². The van der Waals surface area contributed by atoms with Crippen molar-refractivity contribution in [2.45, 2.75) is 6.54 Å². The van der Waals surface area contributed by atoms with E-state index in [0.717, 1.165) is 5.56 Å². The monoisotopic (exact) mass is 368 g/mol. The Morgan fingerprint density at radius 3 is 2.69 bits per heavy atom. The van der Waals surface area contributed by atoms with Gasteiger partial charge in [-0.15, -0.1) is 0 Å². The summed E-state index contributed by atoms with van der Waals surface area (Å²) in [6, 6.07) is 17.2. The average molecular weight is 369 g/mol. The Labute approximate surface area is 155 Å². The number of ether oxygens (including phenoxy) is 1. The number of nitrogens with one attached hydrogen (secondary N) is 1. The molecule has 1 aromatic heterocycles. The van der Waals surface area contributed by atoms with Crippen molar-refractivity contribution in [3.63, 3.8) is 0 Å². The van der Waals surface area contributed by atoms with Crippen molar-refractivity contribution in [1.29, 1.82) is 0 Å². The van der Waals surface area contributed by atoms with Crippen LogP contribution in [0.15, 0.2) is 71.7 Å². The first-order valence-electron chi connectivity index (χ1n) is 7.95. The summed E-state index contributed by atoms with van der Waals surface area (Å²) in [6.45, 7) is 0.342. The van der Waals surface area contributed by atoms with Crippen LogP contribution < -0.4 is 15.6 Å². The van der Waals surface area contributed by atoms with Gasteiger partial charge in [0.25, 0.3) is 11.5 Å². The largest absolute Gasteiger partial charge is 0.497 e. The first-order valence-corrected chi connectivity index (χ1v) is 8.33. The van der Waals surface area contributed by atoms with Crippen LogP contribution in [0.2, 0.25) is 5.02 Å². The number of halogens is 1. The molecule has 1 amide bonds. The normalized spacial score (nSPS) is 10.4. The van der Waals surface area contributed by atoms with Crippen molar-refractivity contribution < 1.29 is 9.53 Å². The van der Waals surface area contributed by atoms with Crippen molar-refractivity contribution in [3.05, 3.63) is 93.4 Å². The van der Waals surface area contributed by atoms with E-state index in [-0.39, 0.29) is 11.5 Å². The van der Waals surface area contributed by atoms with E-state index in [1.807, 2.05) is 24.3 Å². The van der Waals surface area contributed by atoms with E-state index in [1.54, 1.807) is 37.6 Å². The lowest BCUT2D eigenvalue weighted by atomic mass is 10.2. The number of carbonyl (C=O) groups excluding carboxylic acids is 1. The maximum atomic E-state index is 12.5. The highest BCUT2D eigenvalue weighted by Crippen LogP contribution is 2.16. The van der Waals surface area contributed by atoms with Gasteiger partial charge < -0.3 is 14.6 Å². The zero-order valence-corrected chi connectivity index (χ0v) is 14.9. The van der Waals surface area contributed by atoms with Crippen LogP contribution >= 0.6 is 11.6 Å². The summed E-state index contributed by atoms with van der Waals surface area (Å²) in [5.41, 5.74) is 1.69. The highest BCUT2D eigenvalue weighted by atomic mass is 35.5. The maximum Gasteiger partial charge on any atom is 0.257 e. The van der Waals surface area contributed by atoms with Gasteiger partial charge in [0.2, 0.25) is 0 Å². The van der Waals surface area contributed by atoms with Gasteiger partial charge in [-0.1, -0.05) is 29.8 Å². The first-order chi connectivity index (χ1) is 12.5. The van der Waals surface area contributed by atoms with E-state index < -0.39 is 0 Å². The first kappa shape index (κ1) is 17.8. The molecule has 0 aliphatic rings. The minimum atomic E-state index is -0.313. The molecule has 0 aliphatic carbocycles. The summed E-state index contributed by atoms with van der Waals surface area (Å²) in [5, 5.41) is 3.30. The summed E-state index contributed by atoms with van der Waals surface area (Å²) in [7, 11) is 1.59. The van der Waals surface area contributed by atoms with Crippen molar-refractivity contribution in [1.82, 2.24) is 4.57 Å². The third-order valence-corrected chi connectivity index (χ3v) is 4.05. The third kappa shape index (κ3) is 4.32. The number of amides is 1. The van der Waals surface area contributed by atoms with E-state index in [1.165, 1.54) is 16.7 Å². The van der Waals surface area contributed by atoms with E-state index in [4.69, 9.17) is 16.3 Å². The van der Waals surface area contributed by atoms with Gasteiger partial charge in [-0.3, -0.25) is 9.59 Å². The van der Waals surface area contributed by atoms with Gasteiger partial charge in [-0.05, 0) is 42.0 Å². The van der Waals surface area contributed by atoms with Gasteiger partial charge >= 0.3 is 0 Å². The molecule has 6 heteroatoms. The molecule has 0 bridgehead atoms. The second-order valence-corrected chi connectivity index (χ2v) is 6.14. The molecule has 0 spiro atoms. The van der Waals surface area contributed by atoms with Gasteiger partial charge in [0.1, 0.15) is 5.75 Å². The van der Waals surface area contributed by atoms with Crippen LogP contribution in [0, 0.1) is 0 Å². The van der Waals surface area contributed by atoms with Crippen molar-refractivity contribution in [3.8, 4) is 5.75 Å². The minimum Gasteiger partial charge on any atom is -0.497 e. The number of pyridine rings is 1. The highest BCUT2D eigenvalue weighted by molar-refractivity contribution is 6.30. The molecule has 1 heterocycles. The number of benzene rings is 2. The standard InChI is InChI=1S/C20H17ClN2O3/c1-26-18-7-2-4-14(10-18)12-23-13-15(8-9-19(23)24)20(25)22-17-6-3-5-16(21)11-17/h2-11,13H,12H2,1H3,(H,22,25). The number of methoxy groups -OCH3 is 1. The molecular weight excluding hydrogens is 352 g/mol. The Hall–Kier alpha value is -3.05. The number of rotatable bonds is 5. The molecule has 0 aliphatic heterocycles. The smallest absolute Gasteiger partial charge is 0.257 e. The number of hydrogen-bond acceptors (Lipinski definition) is 3. The maximum absolute atomic E-state index is 12.5. The van der Waals surface area contributed by atoms with Crippen LogP contribution in [-0.4, -0.2) is 17.6 Å². The van der Waals surface area contributed by atoms with Crippen LogP contribution in [-0.2, 0) is 6.54 Å². The third-order valence-electron chi connectivity index (χ3n) is 3.82. The summed E-state index contributed by atoms with van der Waals surface area (Å²) in [4.78, 5) is 24.6. The van der Waals surface area contributed by atoms with Crippen molar-refractivity contribution >= 4 is 23.2 Å². The summed E-state index contributed by atoms with van der Waals surface area (Å²) >= 11 is 5.93. The Bertz CT molecular complexity index is 998. The summed E-state index contributed by atoms with van der Waals surface area (Å²) < 4.78 is 6.69. The number of anilines is 1. The molecule has 0 saturated carbocycles. The lowest BCUT2D eigenvalue weighted by Crippen LogP contribution is -2.22. The van der Waals surface area contributed by atoms with Gasteiger partial charge in [-0.2, -0.15) is 0 Å². The van der Waals surface area contributed by atoms with Crippen LogP contribution in [0.3, 0.4) is 0 Å². The lowest BCUT2D eigenvalue weighted by Gasteiger charge is -2.10. The molecule has 0 atom stereocenters. The lowest BCUT2D eigenvalue weighted by molar-refractivity contribution is 0.102. The van der Waals surface area contributed by atoms with E-state index in [0.29, 0.717) is 28.6 Å². The fourth-order valence-electron chi connectivity index (χ4n) is 2.53. The molecule has 5 nitrogen and oxygen atoms in total. The second kappa shape index (κ2) is 7.89. The van der Waals surface area contributed by atoms with E-state index in [2.05, 4.69) is 5.32 Å². The highest BCUT2D eigenvalue weighted by Gasteiger charge is 2.09. The molecule has 3 aromatic rings. The van der Waals surface area contributed by atoms with Gasteiger partial charge in [0.05, 0.1) is 19.2 Å². The Kier molecular flexibility index (Phi) is 5.39. The molecule has 26 heavy (non-hydrogen) atoms. The predicted octanol–water partition coefficient (Wildman–Crippen LogP) is 3.81. The van der Waals surface area contributed by atoms with Gasteiger partial charge in [0, 0.05) is 23.0 Å². The van der Waals surface area contributed by atoms with E-state index in [9.17, 15) is 9.59 Å². The van der Waals surface area contributed by atoms with Crippen LogP contribution in [0.4, 0.5) is 5.69 Å². The number of hydrogen-bond donors (Lipinski definition) is 1. The van der Waals surface area contributed by atoms with Crippen molar-refractivity contribution in [2.24, 2.45) is 0 Å². The van der Waals surface area contributed by atoms with Gasteiger partial charge in [-0.25, -0.2) is 0 Å². The average Bonchev–Trinajstić information content (AvgIpc) is 2.63. The fraction of sp³-hybridized carbons (Fsp3) is 0.100. The zero-order valence-electron chi connectivity index (χ0n) is 14.1. The molecule has 0 radical (unpaired) electrons. The molecule has 132 valence electrons. The molecule has 1 N–H and O–H groups in total. The second-order valence-electron chi connectivity index (χ2n) is 5.70. The summed E-state index contributed by atoms with van der Waals surface area (Å²) in [6.07, 6.45) is 1.54. The van der Waals surface area contributed by atoms with Crippen LogP contribution in [0.5, 0.6) is 5.75 Å². The fourth-order valence-corrected chi connectivity index (χ4v) is 2.72. The molecule has 0 saturated heterocycles. The Morgan fingerprint density at radius 2 is 1.92 bits per heavy atom. The molecule has 0 unspecified atom stereocenters. The van der Waals surface area contributed by atoms with Crippen LogP contribution in [0.1, 0.15) is 15.9 Å². The number of carbonyl (C=O) groups is 1. The number of aromatic nitrogens is 1. The predicted molar refractivity (Wildman–Crippen MR) is 102 cm³/mol. The SMILES string of the molecule is COc1cccc(Cn2cc(C(=O)Nc3cccc(Cl)c3)ccc2=O)c1. The zero-order chi connectivity index (χ0) is 18.5. The quantitative estimate of drug-likeness (QED) is 0.745. The van der Waals surface area contributed by atoms with Gasteiger partial charge in [0.15, 0.2) is 0 Å². The van der Waals surface area contributed by atoms with Crippen LogP contribution in [0.25, 0.3) is 0 Å². The molecule has 2 aromatic carbocycles.